The molecule has 1 aliphatic heterocycles. The minimum Gasteiger partial charge on any atom is -0.390 e. The molecule has 1 amide bonds. The Balaban J connectivity index is 1.63. The quantitative estimate of drug-likeness (QED) is 0.769. The van der Waals surface area contributed by atoms with Gasteiger partial charge in [-0.3, -0.25) is 9.69 Å². The molecule has 3 aromatic rings. The predicted octanol–water partition coefficient (Wildman–Crippen LogP) is 3.08. The fourth-order valence-corrected chi connectivity index (χ4v) is 4.86. The minimum absolute atomic E-state index is 0.0347. The number of rotatable bonds is 2. The van der Waals surface area contributed by atoms with Crippen LogP contribution in [0.5, 0.6) is 0 Å². The summed E-state index contributed by atoms with van der Waals surface area (Å²) in [4.78, 5) is 15.6. The van der Waals surface area contributed by atoms with Gasteiger partial charge in [0.2, 0.25) is 5.91 Å². The maximum Gasteiger partial charge on any atom is 0.219 e. The summed E-state index contributed by atoms with van der Waals surface area (Å²) in [6.45, 7) is 4.87. The third kappa shape index (κ3) is 3.27. The van der Waals surface area contributed by atoms with Gasteiger partial charge in [-0.25, -0.2) is 0 Å². The Morgan fingerprint density at radius 2 is 1.92 bits per heavy atom. The summed E-state index contributed by atoms with van der Waals surface area (Å²) >= 11 is 1.83. The maximum absolute atomic E-state index is 11.6. The molecule has 1 N–H and O–H groups in total. The SMILES string of the molecule is CC(=O)N1CCN(Cc2cccc3c2sc2ccccc23)CC(O)C1. The van der Waals surface area contributed by atoms with Gasteiger partial charge in [-0.2, -0.15) is 0 Å². The molecule has 1 unspecified atom stereocenters. The number of β-amino-alcohol motifs (C(OH)–C–C–N with tert-alkyl or cyclic N) is 1. The van der Waals surface area contributed by atoms with Crippen LogP contribution in [-0.4, -0.2) is 53.1 Å². The van der Waals surface area contributed by atoms with Crippen LogP contribution in [0.15, 0.2) is 42.5 Å². The topological polar surface area (TPSA) is 43.8 Å². The number of benzene rings is 2. The second-order valence-corrected chi connectivity index (χ2v) is 7.80. The highest BCUT2D eigenvalue weighted by atomic mass is 32.1. The lowest BCUT2D eigenvalue weighted by Gasteiger charge is -2.21. The summed E-state index contributed by atoms with van der Waals surface area (Å²) in [6, 6.07) is 15.0. The van der Waals surface area contributed by atoms with Crippen molar-refractivity contribution in [2.24, 2.45) is 0 Å². The van der Waals surface area contributed by atoms with Crippen molar-refractivity contribution in [1.29, 1.82) is 0 Å². The average molecular weight is 354 g/mol. The summed E-state index contributed by atoms with van der Waals surface area (Å²) in [5.74, 6) is 0.0347. The van der Waals surface area contributed by atoms with Crippen molar-refractivity contribution < 1.29 is 9.90 Å². The van der Waals surface area contributed by atoms with Gasteiger partial charge in [0.1, 0.15) is 0 Å². The Morgan fingerprint density at radius 1 is 1.12 bits per heavy atom. The van der Waals surface area contributed by atoms with Crippen LogP contribution < -0.4 is 0 Å². The van der Waals surface area contributed by atoms with E-state index in [2.05, 4.69) is 47.4 Å². The van der Waals surface area contributed by atoms with E-state index in [4.69, 9.17) is 0 Å². The van der Waals surface area contributed by atoms with Crippen LogP contribution in [0, 0.1) is 0 Å². The predicted molar refractivity (Wildman–Crippen MR) is 103 cm³/mol. The van der Waals surface area contributed by atoms with Crippen LogP contribution in [0.25, 0.3) is 20.2 Å². The lowest BCUT2D eigenvalue weighted by molar-refractivity contribution is -0.129. The number of thiophene rings is 1. The van der Waals surface area contributed by atoms with E-state index in [0.717, 1.165) is 13.1 Å². The molecule has 0 aliphatic carbocycles. The van der Waals surface area contributed by atoms with E-state index in [1.54, 1.807) is 11.8 Å². The first-order chi connectivity index (χ1) is 12.1. The van der Waals surface area contributed by atoms with Gasteiger partial charge in [0, 0.05) is 59.8 Å². The number of carbonyl (C=O) groups is 1. The van der Waals surface area contributed by atoms with Crippen LogP contribution >= 0.6 is 11.3 Å². The standard InChI is InChI=1S/C20H22N2O2S/c1-14(23)22-10-9-21(12-16(24)13-22)11-15-5-4-7-18-17-6-2-3-8-19(17)25-20(15)18/h2-8,16,24H,9-13H2,1H3. The van der Waals surface area contributed by atoms with E-state index >= 15 is 0 Å². The molecule has 4 nitrogen and oxygen atoms in total. The van der Waals surface area contributed by atoms with Crippen molar-refractivity contribution in [2.45, 2.75) is 19.6 Å². The molecule has 0 radical (unpaired) electrons. The normalized spacial score (nSPS) is 19.4. The summed E-state index contributed by atoms with van der Waals surface area (Å²) in [5, 5.41) is 12.9. The number of hydrogen-bond donors (Lipinski definition) is 1. The van der Waals surface area contributed by atoms with Crippen LogP contribution in [0.1, 0.15) is 12.5 Å². The molecular weight excluding hydrogens is 332 g/mol. The monoisotopic (exact) mass is 354 g/mol. The summed E-state index contributed by atoms with van der Waals surface area (Å²) in [6.07, 6.45) is -0.493. The number of nitrogens with zero attached hydrogens (tertiary/aromatic N) is 2. The highest BCUT2D eigenvalue weighted by Gasteiger charge is 2.23. The first kappa shape index (κ1) is 16.5. The third-order valence-corrected chi connectivity index (χ3v) is 6.17. The summed E-state index contributed by atoms with van der Waals surface area (Å²) < 4.78 is 2.63. The molecule has 1 atom stereocenters. The number of aliphatic hydroxyl groups excluding tert-OH is 1. The van der Waals surface area contributed by atoms with Gasteiger partial charge in [-0.1, -0.05) is 36.4 Å². The molecular formula is C20H22N2O2S. The van der Waals surface area contributed by atoms with Crippen LogP contribution in [-0.2, 0) is 11.3 Å². The van der Waals surface area contributed by atoms with Gasteiger partial charge in [-0.15, -0.1) is 11.3 Å². The van der Waals surface area contributed by atoms with E-state index in [-0.39, 0.29) is 5.91 Å². The first-order valence-corrected chi connectivity index (χ1v) is 9.48. The van der Waals surface area contributed by atoms with Crippen molar-refractivity contribution in [3.8, 4) is 0 Å². The zero-order valence-corrected chi connectivity index (χ0v) is 15.1. The van der Waals surface area contributed by atoms with Gasteiger partial charge in [0.25, 0.3) is 0 Å². The Morgan fingerprint density at radius 3 is 2.76 bits per heavy atom. The van der Waals surface area contributed by atoms with Gasteiger partial charge >= 0.3 is 0 Å². The maximum atomic E-state index is 11.6. The zero-order chi connectivity index (χ0) is 17.4. The van der Waals surface area contributed by atoms with Crippen molar-refractivity contribution in [3.05, 3.63) is 48.0 Å². The fraction of sp³-hybridized carbons (Fsp3) is 0.350. The smallest absolute Gasteiger partial charge is 0.219 e. The number of amides is 1. The lowest BCUT2D eigenvalue weighted by Crippen LogP contribution is -2.36. The molecule has 0 saturated carbocycles. The third-order valence-electron chi connectivity index (χ3n) is 4.91. The van der Waals surface area contributed by atoms with Gasteiger partial charge in [-0.05, 0) is 11.6 Å². The van der Waals surface area contributed by atoms with E-state index in [0.29, 0.717) is 19.6 Å². The molecule has 2 aromatic carbocycles. The van der Waals surface area contributed by atoms with E-state index in [9.17, 15) is 9.90 Å². The lowest BCUT2D eigenvalue weighted by atomic mass is 10.1. The summed E-state index contributed by atoms with van der Waals surface area (Å²) in [7, 11) is 0. The van der Waals surface area contributed by atoms with Crippen molar-refractivity contribution in [2.75, 3.05) is 26.2 Å². The second-order valence-electron chi connectivity index (χ2n) is 6.75. The van der Waals surface area contributed by atoms with Crippen LogP contribution in [0.3, 0.4) is 0 Å². The largest absolute Gasteiger partial charge is 0.390 e. The number of carbonyl (C=O) groups excluding carboxylic acids is 1. The van der Waals surface area contributed by atoms with Crippen LogP contribution in [0.4, 0.5) is 0 Å². The summed E-state index contributed by atoms with van der Waals surface area (Å²) in [5.41, 5.74) is 1.29. The minimum atomic E-state index is -0.493. The molecule has 2 heterocycles. The fourth-order valence-electron chi connectivity index (χ4n) is 3.66. The Kier molecular flexibility index (Phi) is 4.46. The van der Waals surface area contributed by atoms with Crippen molar-refractivity contribution in [1.82, 2.24) is 9.80 Å². The Bertz CT molecular complexity index is 920. The number of fused-ring (bicyclic) bond motifs is 3. The van der Waals surface area contributed by atoms with Gasteiger partial charge in [0.15, 0.2) is 0 Å². The molecule has 1 fully saturated rings. The average Bonchev–Trinajstić information content (AvgIpc) is 2.87. The zero-order valence-electron chi connectivity index (χ0n) is 14.3. The highest BCUT2D eigenvalue weighted by molar-refractivity contribution is 7.26. The molecule has 25 heavy (non-hydrogen) atoms. The molecule has 0 bridgehead atoms. The van der Waals surface area contributed by atoms with Crippen molar-refractivity contribution in [3.63, 3.8) is 0 Å². The Labute approximate surface area is 151 Å². The molecule has 0 spiro atoms. The molecule has 4 rings (SSSR count). The van der Waals surface area contributed by atoms with E-state index < -0.39 is 6.10 Å². The highest BCUT2D eigenvalue weighted by Crippen LogP contribution is 2.36. The van der Waals surface area contributed by atoms with Crippen molar-refractivity contribution >= 4 is 37.4 Å². The van der Waals surface area contributed by atoms with Gasteiger partial charge in [0.05, 0.1) is 6.10 Å². The Hall–Kier alpha value is -1.95. The van der Waals surface area contributed by atoms with E-state index in [1.807, 2.05) is 11.3 Å². The molecule has 130 valence electrons. The van der Waals surface area contributed by atoms with Gasteiger partial charge < -0.3 is 10.0 Å². The number of aliphatic hydroxyl groups is 1. The molecule has 1 saturated heterocycles. The second kappa shape index (κ2) is 6.75. The van der Waals surface area contributed by atoms with Crippen LogP contribution in [0.2, 0.25) is 0 Å². The van der Waals surface area contributed by atoms with E-state index in [1.165, 1.54) is 25.7 Å². The molecule has 1 aromatic heterocycles. The molecule has 5 heteroatoms. The number of hydrogen-bond acceptors (Lipinski definition) is 4. The molecule has 1 aliphatic rings. The first-order valence-electron chi connectivity index (χ1n) is 8.67.